The molecule has 6 nitrogen and oxygen atoms in total. The molecule has 0 radical (unpaired) electrons. The van der Waals surface area contributed by atoms with Gasteiger partial charge in [-0.05, 0) is 88.3 Å². The Hall–Kier alpha value is -1.63. The van der Waals surface area contributed by atoms with Crippen molar-refractivity contribution in [2.45, 2.75) is 69.9 Å². The van der Waals surface area contributed by atoms with Crippen LogP contribution in [0, 0.1) is 5.92 Å². The van der Waals surface area contributed by atoms with Crippen LogP contribution in [-0.4, -0.2) is 78.8 Å². The van der Waals surface area contributed by atoms with Crippen molar-refractivity contribution in [2.75, 3.05) is 45.9 Å². The molecule has 2 aliphatic heterocycles. The number of likely N-dealkylation sites (tertiary alicyclic amines) is 2. The number of hydrogen-bond donors (Lipinski definition) is 2. The molecule has 0 spiro atoms. The molecule has 2 saturated heterocycles. The van der Waals surface area contributed by atoms with E-state index < -0.39 is 6.10 Å². The van der Waals surface area contributed by atoms with Gasteiger partial charge in [0.1, 0.15) is 12.4 Å². The van der Waals surface area contributed by atoms with Crippen LogP contribution in [0.4, 0.5) is 0 Å². The lowest BCUT2D eigenvalue weighted by molar-refractivity contribution is 0.0789. The molecule has 2 unspecified atom stereocenters. The van der Waals surface area contributed by atoms with Crippen molar-refractivity contribution in [1.29, 1.82) is 0 Å². The van der Waals surface area contributed by atoms with Gasteiger partial charge < -0.3 is 20.1 Å². The van der Waals surface area contributed by atoms with Crippen molar-refractivity contribution >= 4 is 5.91 Å². The van der Waals surface area contributed by atoms with Crippen molar-refractivity contribution in [2.24, 2.45) is 5.92 Å². The minimum atomic E-state index is -0.483. The third-order valence-electron chi connectivity index (χ3n) is 7.44. The maximum Gasteiger partial charge on any atom is 0.251 e. The zero-order valence-electron chi connectivity index (χ0n) is 19.5. The monoisotopic (exact) mass is 443 g/mol. The van der Waals surface area contributed by atoms with Crippen LogP contribution in [0.15, 0.2) is 24.3 Å². The smallest absolute Gasteiger partial charge is 0.251 e. The van der Waals surface area contributed by atoms with Gasteiger partial charge in [-0.25, -0.2) is 0 Å². The van der Waals surface area contributed by atoms with Crippen LogP contribution in [0.5, 0.6) is 5.75 Å². The van der Waals surface area contributed by atoms with Gasteiger partial charge in [0.05, 0.1) is 12.1 Å². The zero-order valence-corrected chi connectivity index (χ0v) is 19.5. The molecule has 2 heterocycles. The fraction of sp³-hybridized carbons (Fsp3) is 0.731. The second kappa shape index (κ2) is 12.0. The molecule has 1 aromatic rings. The van der Waals surface area contributed by atoms with Gasteiger partial charge in [0.15, 0.2) is 0 Å². The Morgan fingerprint density at radius 3 is 2.41 bits per heavy atom. The van der Waals surface area contributed by atoms with Crippen LogP contribution in [0.3, 0.4) is 0 Å². The van der Waals surface area contributed by atoms with Crippen LogP contribution in [0.25, 0.3) is 0 Å². The molecule has 1 saturated carbocycles. The summed E-state index contributed by atoms with van der Waals surface area (Å²) in [5, 5.41) is 13.7. The normalized spacial score (nSPS) is 26.0. The molecule has 3 fully saturated rings. The Balaban J connectivity index is 1.26. The highest BCUT2D eigenvalue weighted by atomic mass is 16.5. The number of benzene rings is 1. The number of carbonyl (C=O) groups is 1. The molecule has 178 valence electrons. The summed E-state index contributed by atoms with van der Waals surface area (Å²) in [5.74, 6) is 1.46. The molecule has 1 amide bonds. The molecular formula is C26H41N3O3. The van der Waals surface area contributed by atoms with Gasteiger partial charge in [-0.3, -0.25) is 9.69 Å². The van der Waals surface area contributed by atoms with E-state index in [0.29, 0.717) is 12.2 Å². The first-order valence-corrected chi connectivity index (χ1v) is 12.8. The van der Waals surface area contributed by atoms with Crippen LogP contribution in [0.1, 0.15) is 68.1 Å². The van der Waals surface area contributed by atoms with Crippen molar-refractivity contribution in [3.8, 4) is 5.75 Å². The molecule has 1 aromatic carbocycles. The molecule has 3 aliphatic rings. The molecule has 32 heavy (non-hydrogen) atoms. The highest BCUT2D eigenvalue weighted by molar-refractivity contribution is 5.94. The predicted molar refractivity (Wildman–Crippen MR) is 127 cm³/mol. The number of aliphatic hydroxyl groups is 1. The van der Waals surface area contributed by atoms with Crippen LogP contribution in [-0.2, 0) is 0 Å². The first kappa shape index (κ1) is 23.5. The average molecular weight is 444 g/mol. The van der Waals surface area contributed by atoms with Gasteiger partial charge in [0.25, 0.3) is 5.91 Å². The molecule has 6 heteroatoms. The second-order valence-electron chi connectivity index (χ2n) is 9.97. The Morgan fingerprint density at radius 1 is 0.938 bits per heavy atom. The van der Waals surface area contributed by atoms with Crippen molar-refractivity contribution in [1.82, 2.24) is 15.1 Å². The summed E-state index contributed by atoms with van der Waals surface area (Å²) in [6, 6.07) is 7.17. The van der Waals surface area contributed by atoms with Crippen LogP contribution < -0.4 is 10.1 Å². The Bertz CT molecular complexity index is 699. The fourth-order valence-electron chi connectivity index (χ4n) is 5.51. The molecule has 1 aliphatic carbocycles. The van der Waals surface area contributed by atoms with Gasteiger partial charge >= 0.3 is 0 Å². The number of ether oxygens (including phenoxy) is 1. The van der Waals surface area contributed by atoms with Crippen LogP contribution in [0.2, 0.25) is 0 Å². The quantitative estimate of drug-likeness (QED) is 0.645. The number of amides is 1. The summed E-state index contributed by atoms with van der Waals surface area (Å²) in [6.07, 6.45) is 10.5. The van der Waals surface area contributed by atoms with E-state index in [0.717, 1.165) is 50.7 Å². The number of nitrogens with one attached hydrogen (secondary N) is 1. The van der Waals surface area contributed by atoms with Gasteiger partial charge in [-0.1, -0.05) is 19.3 Å². The summed E-state index contributed by atoms with van der Waals surface area (Å²) in [5.41, 5.74) is 0.618. The van der Waals surface area contributed by atoms with E-state index in [9.17, 15) is 9.90 Å². The predicted octanol–water partition coefficient (Wildman–Crippen LogP) is 3.30. The molecular weight excluding hydrogens is 402 g/mol. The standard InChI is InChI=1S/C26H41N3O3/c30-25-9-6-16-29(19-21-7-2-1-3-8-21)20-24(25)27-26(31)22-10-12-23(13-11-22)32-18-17-28-14-4-5-15-28/h10-13,21,24-25,30H,1-9,14-20H2,(H,27,31). The van der Waals surface area contributed by atoms with E-state index in [1.165, 1.54) is 58.0 Å². The molecule has 0 bridgehead atoms. The van der Waals surface area contributed by atoms with E-state index in [1.54, 1.807) is 0 Å². The lowest BCUT2D eigenvalue weighted by atomic mass is 9.89. The first-order valence-electron chi connectivity index (χ1n) is 12.8. The molecule has 4 rings (SSSR count). The van der Waals surface area contributed by atoms with Gasteiger partial charge in [0.2, 0.25) is 0 Å². The SMILES string of the molecule is O=C(NC1CN(CC2CCCCC2)CCCC1O)c1ccc(OCCN2CCCC2)cc1. The Morgan fingerprint density at radius 2 is 1.66 bits per heavy atom. The van der Waals surface area contributed by atoms with E-state index in [2.05, 4.69) is 15.1 Å². The van der Waals surface area contributed by atoms with Crippen molar-refractivity contribution in [3.63, 3.8) is 0 Å². The molecule has 2 N–H and O–H groups in total. The van der Waals surface area contributed by atoms with E-state index in [1.807, 2.05) is 24.3 Å². The van der Waals surface area contributed by atoms with Crippen molar-refractivity contribution < 1.29 is 14.6 Å². The number of hydrogen-bond acceptors (Lipinski definition) is 5. The summed E-state index contributed by atoms with van der Waals surface area (Å²) in [6.45, 7) is 6.84. The summed E-state index contributed by atoms with van der Waals surface area (Å²) in [7, 11) is 0. The van der Waals surface area contributed by atoms with Crippen LogP contribution >= 0.6 is 0 Å². The Labute approximate surface area is 193 Å². The first-order chi connectivity index (χ1) is 15.7. The lowest BCUT2D eigenvalue weighted by Gasteiger charge is -2.31. The zero-order chi connectivity index (χ0) is 22.2. The maximum atomic E-state index is 12.9. The number of aliphatic hydroxyl groups excluding tert-OH is 1. The third kappa shape index (κ3) is 6.93. The molecule has 0 aromatic heterocycles. The minimum absolute atomic E-state index is 0.114. The van der Waals surface area contributed by atoms with E-state index in [-0.39, 0.29) is 11.9 Å². The molecule has 2 atom stereocenters. The number of rotatable bonds is 8. The highest BCUT2D eigenvalue weighted by Crippen LogP contribution is 2.25. The van der Waals surface area contributed by atoms with E-state index >= 15 is 0 Å². The largest absolute Gasteiger partial charge is 0.492 e. The van der Waals surface area contributed by atoms with E-state index in [4.69, 9.17) is 4.74 Å². The summed E-state index contributed by atoms with van der Waals surface area (Å²) in [4.78, 5) is 17.8. The average Bonchev–Trinajstić information content (AvgIpc) is 3.27. The minimum Gasteiger partial charge on any atom is -0.492 e. The van der Waals surface area contributed by atoms with Gasteiger partial charge in [-0.15, -0.1) is 0 Å². The highest BCUT2D eigenvalue weighted by Gasteiger charge is 2.28. The maximum absolute atomic E-state index is 12.9. The Kier molecular flexibility index (Phi) is 8.83. The fourth-order valence-corrected chi connectivity index (χ4v) is 5.51. The third-order valence-corrected chi connectivity index (χ3v) is 7.44. The topological polar surface area (TPSA) is 65.0 Å². The number of carbonyl (C=O) groups excluding carboxylic acids is 1. The van der Waals surface area contributed by atoms with Gasteiger partial charge in [-0.2, -0.15) is 0 Å². The summed E-state index contributed by atoms with van der Waals surface area (Å²) >= 11 is 0. The second-order valence-corrected chi connectivity index (χ2v) is 9.97. The lowest BCUT2D eigenvalue weighted by Crippen LogP contribution is -2.49. The van der Waals surface area contributed by atoms with Crippen molar-refractivity contribution in [3.05, 3.63) is 29.8 Å². The summed E-state index contributed by atoms with van der Waals surface area (Å²) < 4.78 is 5.85. The van der Waals surface area contributed by atoms with Gasteiger partial charge in [0, 0.05) is 25.2 Å². The number of nitrogens with zero attached hydrogens (tertiary/aromatic N) is 2.